The summed E-state index contributed by atoms with van der Waals surface area (Å²) in [6.45, 7) is 0.0315. The third kappa shape index (κ3) is 3.14. The minimum Gasteiger partial charge on any atom is -0.495 e. The molecule has 0 saturated heterocycles. The Morgan fingerprint density at radius 3 is 2.96 bits per heavy atom. The number of aromatic nitrogens is 2. The number of carbonyl (C=O) groups is 1. The quantitative estimate of drug-likeness (QED) is 0.757. The fourth-order valence-electron chi connectivity index (χ4n) is 2.49. The molecule has 2 heterocycles. The van der Waals surface area contributed by atoms with Crippen LogP contribution >= 0.6 is 11.3 Å². The SMILES string of the molecule is COc1cc(C(=O)N(C)Cc2nc3ccsc3c(=O)[nH]2)cc(F)c1C#N. The minimum atomic E-state index is -0.838. The zero-order chi connectivity index (χ0) is 18.8. The molecular formula is C17H13FN4O3S. The van der Waals surface area contributed by atoms with E-state index < -0.39 is 11.7 Å². The number of hydrogen-bond acceptors (Lipinski definition) is 6. The van der Waals surface area contributed by atoms with Crippen LogP contribution in [-0.2, 0) is 6.54 Å². The van der Waals surface area contributed by atoms with Crippen LogP contribution in [0.15, 0.2) is 28.4 Å². The number of nitriles is 1. The first kappa shape index (κ1) is 17.6. The number of H-pyrrole nitrogens is 1. The average molecular weight is 372 g/mol. The van der Waals surface area contributed by atoms with Gasteiger partial charge in [0.25, 0.3) is 11.5 Å². The fourth-order valence-corrected chi connectivity index (χ4v) is 3.21. The molecule has 9 heteroatoms. The number of thiophene rings is 1. The number of benzene rings is 1. The smallest absolute Gasteiger partial charge is 0.268 e. The van der Waals surface area contributed by atoms with E-state index in [1.807, 2.05) is 0 Å². The summed E-state index contributed by atoms with van der Waals surface area (Å²) in [5.74, 6) is -1.04. The minimum absolute atomic E-state index is 0.0181. The number of carbonyl (C=O) groups excluding carboxylic acids is 1. The summed E-state index contributed by atoms with van der Waals surface area (Å²) in [5, 5.41) is 10.7. The zero-order valence-electron chi connectivity index (χ0n) is 13.9. The maximum absolute atomic E-state index is 14.0. The van der Waals surface area contributed by atoms with Gasteiger partial charge in [0.1, 0.15) is 33.7 Å². The molecule has 0 radical (unpaired) electrons. The highest BCUT2D eigenvalue weighted by Gasteiger charge is 2.19. The number of fused-ring (bicyclic) bond motifs is 1. The van der Waals surface area contributed by atoms with Crippen LogP contribution in [0.5, 0.6) is 5.75 Å². The Hall–Kier alpha value is -3.25. The first-order valence-corrected chi connectivity index (χ1v) is 8.32. The number of methoxy groups -OCH3 is 1. The van der Waals surface area contributed by atoms with E-state index in [4.69, 9.17) is 10.00 Å². The summed E-state index contributed by atoms with van der Waals surface area (Å²) in [6.07, 6.45) is 0. The predicted molar refractivity (Wildman–Crippen MR) is 93.7 cm³/mol. The molecule has 0 aliphatic heterocycles. The van der Waals surface area contributed by atoms with E-state index in [0.29, 0.717) is 16.0 Å². The van der Waals surface area contributed by atoms with Gasteiger partial charge in [-0.05, 0) is 23.6 Å². The van der Waals surface area contributed by atoms with Gasteiger partial charge in [0.2, 0.25) is 0 Å². The highest BCUT2D eigenvalue weighted by molar-refractivity contribution is 7.17. The topological polar surface area (TPSA) is 99.1 Å². The molecule has 0 aliphatic carbocycles. The van der Waals surface area contributed by atoms with Gasteiger partial charge in [-0.3, -0.25) is 9.59 Å². The van der Waals surface area contributed by atoms with E-state index in [1.54, 1.807) is 17.5 Å². The van der Waals surface area contributed by atoms with Crippen molar-refractivity contribution < 1.29 is 13.9 Å². The van der Waals surface area contributed by atoms with Crippen molar-refractivity contribution >= 4 is 27.5 Å². The summed E-state index contributed by atoms with van der Waals surface area (Å²) < 4.78 is 19.5. The van der Waals surface area contributed by atoms with Crippen LogP contribution in [0.25, 0.3) is 10.2 Å². The lowest BCUT2D eigenvalue weighted by Gasteiger charge is -2.17. The fraction of sp³-hybridized carbons (Fsp3) is 0.176. The Morgan fingerprint density at radius 2 is 2.27 bits per heavy atom. The normalized spacial score (nSPS) is 10.5. The van der Waals surface area contributed by atoms with Gasteiger partial charge in [0.15, 0.2) is 0 Å². The van der Waals surface area contributed by atoms with Crippen molar-refractivity contribution in [2.75, 3.05) is 14.2 Å². The second kappa shape index (κ2) is 6.93. The van der Waals surface area contributed by atoms with Gasteiger partial charge in [0.05, 0.1) is 19.2 Å². The molecule has 0 spiro atoms. The molecule has 0 bridgehead atoms. The lowest BCUT2D eigenvalue weighted by molar-refractivity contribution is 0.0780. The number of ether oxygens (including phenoxy) is 1. The number of nitrogens with zero attached hydrogens (tertiary/aromatic N) is 3. The molecule has 3 rings (SSSR count). The van der Waals surface area contributed by atoms with Crippen molar-refractivity contribution in [1.82, 2.24) is 14.9 Å². The molecule has 0 atom stereocenters. The van der Waals surface area contributed by atoms with Crippen LogP contribution in [0.2, 0.25) is 0 Å². The largest absolute Gasteiger partial charge is 0.495 e. The number of amides is 1. The summed E-state index contributed by atoms with van der Waals surface area (Å²) in [7, 11) is 2.79. The molecule has 1 amide bonds. The van der Waals surface area contributed by atoms with Gasteiger partial charge < -0.3 is 14.6 Å². The number of aromatic amines is 1. The monoisotopic (exact) mass is 372 g/mol. The van der Waals surface area contributed by atoms with Crippen LogP contribution in [0.1, 0.15) is 21.7 Å². The van der Waals surface area contributed by atoms with Crippen molar-refractivity contribution in [1.29, 1.82) is 5.26 Å². The molecule has 132 valence electrons. The highest BCUT2D eigenvalue weighted by Crippen LogP contribution is 2.24. The van der Waals surface area contributed by atoms with E-state index in [9.17, 15) is 14.0 Å². The van der Waals surface area contributed by atoms with Crippen LogP contribution in [0.3, 0.4) is 0 Å². The molecule has 7 nitrogen and oxygen atoms in total. The van der Waals surface area contributed by atoms with E-state index in [0.717, 1.165) is 6.07 Å². The maximum Gasteiger partial charge on any atom is 0.268 e. The molecule has 0 aliphatic rings. The van der Waals surface area contributed by atoms with Gasteiger partial charge in [0, 0.05) is 12.6 Å². The van der Waals surface area contributed by atoms with Crippen molar-refractivity contribution in [3.63, 3.8) is 0 Å². The van der Waals surface area contributed by atoms with Crippen molar-refractivity contribution in [3.8, 4) is 11.8 Å². The predicted octanol–water partition coefficient (Wildman–Crippen LogP) is 2.28. The number of halogens is 1. The van der Waals surface area contributed by atoms with Crippen LogP contribution in [0.4, 0.5) is 4.39 Å². The number of rotatable bonds is 4. The second-order valence-corrected chi connectivity index (χ2v) is 6.37. The van der Waals surface area contributed by atoms with Gasteiger partial charge in [-0.1, -0.05) is 0 Å². The van der Waals surface area contributed by atoms with Crippen molar-refractivity contribution in [3.05, 3.63) is 56.7 Å². The Balaban J connectivity index is 1.89. The third-order valence-electron chi connectivity index (χ3n) is 3.73. The van der Waals surface area contributed by atoms with Crippen LogP contribution in [-0.4, -0.2) is 34.9 Å². The Morgan fingerprint density at radius 1 is 1.50 bits per heavy atom. The van der Waals surface area contributed by atoms with Gasteiger partial charge >= 0.3 is 0 Å². The second-order valence-electron chi connectivity index (χ2n) is 5.46. The molecule has 0 saturated carbocycles. The maximum atomic E-state index is 14.0. The van der Waals surface area contributed by atoms with Crippen molar-refractivity contribution in [2.45, 2.75) is 6.54 Å². The van der Waals surface area contributed by atoms with E-state index in [1.165, 1.54) is 36.5 Å². The molecule has 1 aromatic carbocycles. The lowest BCUT2D eigenvalue weighted by Crippen LogP contribution is -2.28. The van der Waals surface area contributed by atoms with E-state index >= 15 is 0 Å². The third-order valence-corrected chi connectivity index (χ3v) is 4.63. The molecule has 1 N–H and O–H groups in total. The van der Waals surface area contributed by atoms with Crippen LogP contribution < -0.4 is 10.3 Å². The number of nitrogens with one attached hydrogen (secondary N) is 1. The Labute approximate surface area is 151 Å². The summed E-state index contributed by atoms with van der Waals surface area (Å²) in [6, 6.07) is 5.71. The zero-order valence-corrected chi connectivity index (χ0v) is 14.7. The molecule has 0 unspecified atom stereocenters. The summed E-state index contributed by atoms with van der Waals surface area (Å²) >= 11 is 1.29. The first-order valence-electron chi connectivity index (χ1n) is 7.44. The summed E-state index contributed by atoms with van der Waals surface area (Å²) in [5.41, 5.74) is 0.0491. The molecule has 2 aromatic heterocycles. The average Bonchev–Trinajstić information content (AvgIpc) is 3.09. The van der Waals surface area contributed by atoms with Crippen molar-refractivity contribution in [2.24, 2.45) is 0 Å². The molecule has 26 heavy (non-hydrogen) atoms. The molecule has 3 aromatic rings. The van der Waals surface area contributed by atoms with Gasteiger partial charge in [-0.25, -0.2) is 9.37 Å². The summed E-state index contributed by atoms with van der Waals surface area (Å²) in [4.78, 5) is 32.8. The lowest BCUT2D eigenvalue weighted by atomic mass is 10.1. The van der Waals surface area contributed by atoms with Crippen LogP contribution in [0, 0.1) is 17.1 Å². The standard InChI is InChI=1S/C17H13FN4O3S/c1-22(8-14-20-12-3-4-26-15(12)16(23)21-14)17(24)9-5-11(18)10(7-19)13(6-9)25-2/h3-6H,8H2,1-2H3,(H,20,21,23). The Bertz CT molecular complexity index is 1100. The Kier molecular flexibility index (Phi) is 4.69. The first-order chi connectivity index (χ1) is 12.4. The highest BCUT2D eigenvalue weighted by atomic mass is 32.1. The van der Waals surface area contributed by atoms with E-state index in [2.05, 4.69) is 9.97 Å². The molecular weight excluding hydrogens is 359 g/mol. The van der Waals surface area contributed by atoms with Gasteiger partial charge in [-0.15, -0.1) is 11.3 Å². The van der Waals surface area contributed by atoms with E-state index in [-0.39, 0.29) is 29.0 Å². The number of hydrogen-bond donors (Lipinski definition) is 1. The molecule has 0 fully saturated rings. The van der Waals surface area contributed by atoms with Gasteiger partial charge in [-0.2, -0.15) is 5.26 Å².